The quantitative estimate of drug-likeness (QED) is 0.627. The molecule has 1 aromatic rings. The number of benzene rings is 1. The van der Waals surface area contributed by atoms with Gasteiger partial charge in [0.05, 0.1) is 11.5 Å². The lowest BCUT2D eigenvalue weighted by atomic mass is 9.67. The maximum Gasteiger partial charge on any atom is 0.292 e. The van der Waals surface area contributed by atoms with E-state index < -0.39 is 4.92 Å². The average Bonchev–Trinajstić information content (AvgIpc) is 2.55. The van der Waals surface area contributed by atoms with Crippen LogP contribution in [0.3, 0.4) is 0 Å². The number of rotatable bonds is 5. The Balaban J connectivity index is 1.64. The van der Waals surface area contributed by atoms with Crippen LogP contribution < -0.4 is 16.0 Å². The van der Waals surface area contributed by atoms with E-state index in [1.165, 1.54) is 12.5 Å². The lowest BCUT2D eigenvalue weighted by molar-refractivity contribution is -0.384. The summed E-state index contributed by atoms with van der Waals surface area (Å²) >= 11 is 0. The van der Waals surface area contributed by atoms with E-state index in [9.17, 15) is 14.9 Å². The molecule has 0 saturated heterocycles. The Morgan fingerprint density at radius 2 is 1.96 bits per heavy atom. The number of likely N-dealkylation sites (N-methyl/N-ethyl adjacent to an activating group) is 1. The van der Waals surface area contributed by atoms with Crippen molar-refractivity contribution in [1.82, 2.24) is 5.32 Å². The molecule has 2 aliphatic carbocycles. The number of nitrogens with zero attached hydrogens (tertiary/aromatic N) is 2. The topological polar surface area (TPSA) is 102 Å². The van der Waals surface area contributed by atoms with Crippen LogP contribution in [0.15, 0.2) is 24.3 Å². The number of nitrogens with one attached hydrogen (secondary N) is 1. The third-order valence-electron chi connectivity index (χ3n) is 5.57. The molecular formula is C18H26N4O3. The van der Waals surface area contributed by atoms with Crippen molar-refractivity contribution in [2.75, 3.05) is 18.5 Å². The second kappa shape index (κ2) is 7.39. The smallest absolute Gasteiger partial charge is 0.292 e. The van der Waals surface area contributed by atoms with E-state index >= 15 is 0 Å². The molecule has 1 amide bonds. The molecule has 3 rings (SSSR count). The van der Waals surface area contributed by atoms with E-state index in [0.717, 1.165) is 25.7 Å². The van der Waals surface area contributed by atoms with E-state index in [0.29, 0.717) is 17.5 Å². The molecule has 25 heavy (non-hydrogen) atoms. The van der Waals surface area contributed by atoms with Crippen molar-refractivity contribution < 1.29 is 9.72 Å². The summed E-state index contributed by atoms with van der Waals surface area (Å²) in [6.07, 6.45) is 5.40. The van der Waals surface area contributed by atoms with Crippen LogP contribution in [-0.4, -0.2) is 36.5 Å². The fourth-order valence-electron chi connectivity index (χ4n) is 4.50. The number of fused-ring (bicyclic) bond motifs is 2. The molecule has 0 radical (unpaired) electrons. The molecule has 2 atom stereocenters. The molecule has 2 unspecified atom stereocenters. The van der Waals surface area contributed by atoms with Gasteiger partial charge in [0, 0.05) is 25.2 Å². The minimum Gasteiger partial charge on any atom is -0.360 e. The molecule has 2 bridgehead atoms. The lowest BCUT2D eigenvalue weighted by Gasteiger charge is -2.45. The third kappa shape index (κ3) is 3.92. The summed E-state index contributed by atoms with van der Waals surface area (Å²) in [5.41, 5.74) is 6.60. The summed E-state index contributed by atoms with van der Waals surface area (Å²) in [5.74, 6) is 0.837. The number of anilines is 1. The van der Waals surface area contributed by atoms with Crippen LogP contribution in [0.4, 0.5) is 11.4 Å². The minimum atomic E-state index is -0.420. The van der Waals surface area contributed by atoms with Crippen molar-refractivity contribution in [1.29, 1.82) is 0 Å². The van der Waals surface area contributed by atoms with Crippen molar-refractivity contribution in [2.45, 2.75) is 44.2 Å². The summed E-state index contributed by atoms with van der Waals surface area (Å²) in [7, 11) is 1.71. The maximum atomic E-state index is 12.5. The molecule has 0 spiro atoms. The molecule has 136 valence electrons. The zero-order valence-electron chi connectivity index (χ0n) is 14.6. The van der Waals surface area contributed by atoms with Gasteiger partial charge in [-0.3, -0.25) is 14.9 Å². The first-order valence-corrected chi connectivity index (χ1v) is 8.95. The van der Waals surface area contributed by atoms with Gasteiger partial charge in [-0.1, -0.05) is 18.6 Å². The summed E-state index contributed by atoms with van der Waals surface area (Å²) in [6.45, 7) is 0.104. The number of nitrogens with two attached hydrogens (primary N) is 1. The van der Waals surface area contributed by atoms with E-state index in [2.05, 4.69) is 5.32 Å². The first-order chi connectivity index (χ1) is 12.0. The van der Waals surface area contributed by atoms with Crippen molar-refractivity contribution in [3.8, 4) is 0 Å². The van der Waals surface area contributed by atoms with Crippen LogP contribution in [-0.2, 0) is 4.79 Å². The van der Waals surface area contributed by atoms with Crippen LogP contribution in [0.1, 0.15) is 32.1 Å². The Hall–Kier alpha value is -2.15. The predicted molar refractivity (Wildman–Crippen MR) is 96.3 cm³/mol. The summed E-state index contributed by atoms with van der Waals surface area (Å²) in [4.78, 5) is 24.9. The Morgan fingerprint density at radius 3 is 2.60 bits per heavy atom. The van der Waals surface area contributed by atoms with Crippen LogP contribution in [0.25, 0.3) is 0 Å². The molecule has 0 aliphatic heterocycles. The zero-order chi connectivity index (χ0) is 18.0. The Bertz CT molecular complexity index is 637. The van der Waals surface area contributed by atoms with Gasteiger partial charge in [0.1, 0.15) is 5.69 Å². The Morgan fingerprint density at radius 1 is 1.32 bits per heavy atom. The normalized spacial score (nSPS) is 28.2. The van der Waals surface area contributed by atoms with Crippen LogP contribution in [0.5, 0.6) is 0 Å². The SMILES string of the molecule is CN(CC(=O)NC1C2CCCC1CC(N)C2)c1ccccc1[N+](=O)[O-]. The molecule has 2 fully saturated rings. The van der Waals surface area contributed by atoms with Gasteiger partial charge in [0.15, 0.2) is 0 Å². The molecular weight excluding hydrogens is 320 g/mol. The number of para-hydroxylation sites is 2. The highest BCUT2D eigenvalue weighted by atomic mass is 16.6. The Kier molecular flexibility index (Phi) is 5.22. The zero-order valence-corrected chi connectivity index (χ0v) is 14.6. The van der Waals surface area contributed by atoms with Gasteiger partial charge in [-0.05, 0) is 43.6 Å². The highest BCUT2D eigenvalue weighted by Crippen LogP contribution is 2.39. The average molecular weight is 346 g/mol. The largest absolute Gasteiger partial charge is 0.360 e. The van der Waals surface area contributed by atoms with Crippen molar-refractivity contribution in [2.24, 2.45) is 17.6 Å². The molecule has 0 aromatic heterocycles. The number of hydrogen-bond donors (Lipinski definition) is 2. The van der Waals surface area contributed by atoms with E-state index in [1.807, 2.05) is 0 Å². The number of nitro benzene ring substituents is 1. The van der Waals surface area contributed by atoms with E-state index in [-0.39, 0.29) is 30.2 Å². The number of carbonyl (C=O) groups is 1. The Labute approximate surface area is 147 Å². The second-order valence-electron chi connectivity index (χ2n) is 7.38. The molecule has 2 aliphatic rings. The molecule has 2 saturated carbocycles. The van der Waals surface area contributed by atoms with Gasteiger partial charge >= 0.3 is 0 Å². The van der Waals surface area contributed by atoms with Gasteiger partial charge in [-0.2, -0.15) is 0 Å². The summed E-state index contributed by atoms with van der Waals surface area (Å²) in [6, 6.07) is 6.93. The fraction of sp³-hybridized carbons (Fsp3) is 0.611. The summed E-state index contributed by atoms with van der Waals surface area (Å²) in [5, 5.41) is 14.3. The van der Waals surface area contributed by atoms with Crippen LogP contribution in [0.2, 0.25) is 0 Å². The number of carbonyl (C=O) groups excluding carboxylic acids is 1. The highest BCUT2D eigenvalue weighted by Gasteiger charge is 2.39. The second-order valence-corrected chi connectivity index (χ2v) is 7.38. The van der Waals surface area contributed by atoms with Gasteiger partial charge in [-0.15, -0.1) is 0 Å². The highest BCUT2D eigenvalue weighted by molar-refractivity contribution is 5.82. The van der Waals surface area contributed by atoms with Gasteiger partial charge in [-0.25, -0.2) is 0 Å². The van der Waals surface area contributed by atoms with Crippen molar-refractivity contribution in [3.63, 3.8) is 0 Å². The van der Waals surface area contributed by atoms with E-state index in [4.69, 9.17) is 5.73 Å². The van der Waals surface area contributed by atoms with E-state index in [1.54, 1.807) is 30.1 Å². The van der Waals surface area contributed by atoms with Crippen LogP contribution in [0, 0.1) is 22.0 Å². The van der Waals surface area contributed by atoms with Gasteiger partial charge in [0.25, 0.3) is 5.69 Å². The molecule has 0 heterocycles. The molecule has 1 aromatic carbocycles. The number of amides is 1. The molecule has 3 N–H and O–H groups in total. The third-order valence-corrected chi connectivity index (χ3v) is 5.57. The summed E-state index contributed by atoms with van der Waals surface area (Å²) < 4.78 is 0. The van der Waals surface area contributed by atoms with Gasteiger partial charge in [0.2, 0.25) is 5.91 Å². The first kappa shape index (κ1) is 17.7. The van der Waals surface area contributed by atoms with Crippen LogP contribution >= 0.6 is 0 Å². The monoisotopic (exact) mass is 346 g/mol. The minimum absolute atomic E-state index is 0.0123. The predicted octanol–water partition coefficient (Wildman–Crippen LogP) is 2.05. The van der Waals surface area contributed by atoms with Crippen molar-refractivity contribution >= 4 is 17.3 Å². The van der Waals surface area contributed by atoms with Gasteiger partial charge < -0.3 is 16.0 Å². The molecule has 7 heteroatoms. The molecule has 7 nitrogen and oxygen atoms in total. The lowest BCUT2D eigenvalue weighted by Crippen LogP contribution is -2.55. The fourth-order valence-corrected chi connectivity index (χ4v) is 4.50. The standard InChI is InChI=1S/C18H26N4O3/c1-21(15-7-2-3-8-16(15)22(24)25)11-17(23)20-18-12-5-4-6-13(18)10-14(19)9-12/h2-3,7-8,12-14,18H,4-6,9-11,19H2,1H3,(H,20,23). The number of nitro groups is 1. The number of hydrogen-bond acceptors (Lipinski definition) is 5. The van der Waals surface area contributed by atoms with Crippen molar-refractivity contribution in [3.05, 3.63) is 34.4 Å². The first-order valence-electron chi connectivity index (χ1n) is 8.95. The maximum absolute atomic E-state index is 12.5.